The number of carbonyl (C=O) groups excluding carboxylic acids is 1. The van der Waals surface area contributed by atoms with E-state index in [2.05, 4.69) is 0 Å². The second-order valence-electron chi connectivity index (χ2n) is 7.01. The Labute approximate surface area is 170 Å². The second-order valence-corrected chi connectivity index (χ2v) is 7.01. The van der Waals surface area contributed by atoms with E-state index in [1.807, 2.05) is 24.3 Å². The molecule has 1 aliphatic heterocycles. The summed E-state index contributed by atoms with van der Waals surface area (Å²) in [5.74, 6) is -1.96. The minimum atomic E-state index is -1.82. The zero-order valence-corrected chi connectivity index (χ0v) is 17.0. The minimum Gasteiger partial charge on any atom is -0.497 e. The maximum atomic E-state index is 12.6. The number of benzene rings is 2. The van der Waals surface area contributed by atoms with Gasteiger partial charge >= 0.3 is 5.97 Å². The summed E-state index contributed by atoms with van der Waals surface area (Å²) in [6, 6.07) is 14.6. The fraction of sp³-hybridized carbons (Fsp3) is 0.409. The van der Waals surface area contributed by atoms with Crippen LogP contribution < -0.4 is 9.47 Å². The van der Waals surface area contributed by atoms with E-state index < -0.39 is 23.3 Å². The van der Waals surface area contributed by atoms with E-state index in [1.54, 1.807) is 45.4 Å². The lowest BCUT2D eigenvalue weighted by Gasteiger charge is -2.45. The van der Waals surface area contributed by atoms with Crippen LogP contribution in [0, 0.1) is 5.92 Å². The monoisotopic (exact) mass is 402 g/mol. The highest BCUT2D eigenvalue weighted by Crippen LogP contribution is 2.47. The third-order valence-corrected chi connectivity index (χ3v) is 5.17. The molecular formula is C22H26O7. The molecule has 0 aromatic heterocycles. The molecule has 0 spiro atoms. The molecule has 0 unspecified atom stereocenters. The fourth-order valence-corrected chi connectivity index (χ4v) is 3.49. The summed E-state index contributed by atoms with van der Waals surface area (Å²) in [5, 5.41) is 10.6. The smallest absolute Gasteiger partial charge is 0.314 e. The summed E-state index contributed by atoms with van der Waals surface area (Å²) >= 11 is 0. The van der Waals surface area contributed by atoms with Crippen LogP contribution in [0.5, 0.6) is 11.5 Å². The van der Waals surface area contributed by atoms with Crippen molar-refractivity contribution in [2.45, 2.75) is 31.7 Å². The molecule has 0 bridgehead atoms. The first-order valence-electron chi connectivity index (χ1n) is 9.41. The fourth-order valence-electron chi connectivity index (χ4n) is 3.49. The number of hydrogen-bond acceptors (Lipinski definition) is 7. The molecule has 1 aliphatic rings. The molecule has 1 N–H and O–H groups in total. The quantitative estimate of drug-likeness (QED) is 0.587. The minimum absolute atomic E-state index is 0.123. The topological polar surface area (TPSA) is 83.5 Å². The first-order chi connectivity index (χ1) is 13.9. The predicted octanol–water partition coefficient (Wildman–Crippen LogP) is 3.19. The SMILES string of the molecule is CCOC(=O)[C@H]1CC(c2ccc(OC)cc2)(c2ccc(OC)cc2)OO[C@@]1(C)O. The molecule has 3 rings (SSSR count). The summed E-state index contributed by atoms with van der Waals surface area (Å²) in [6.07, 6.45) is 0.123. The Morgan fingerprint density at radius 1 is 1.00 bits per heavy atom. The summed E-state index contributed by atoms with van der Waals surface area (Å²) in [7, 11) is 3.17. The van der Waals surface area contributed by atoms with Gasteiger partial charge in [0.05, 0.1) is 20.8 Å². The molecule has 156 valence electrons. The van der Waals surface area contributed by atoms with Gasteiger partial charge in [-0.3, -0.25) is 4.79 Å². The van der Waals surface area contributed by atoms with Crippen molar-refractivity contribution in [3.8, 4) is 11.5 Å². The largest absolute Gasteiger partial charge is 0.497 e. The first kappa shape index (κ1) is 21.1. The molecule has 7 nitrogen and oxygen atoms in total. The molecule has 0 aliphatic carbocycles. The van der Waals surface area contributed by atoms with Gasteiger partial charge in [-0.2, -0.15) is 4.89 Å². The number of esters is 1. The van der Waals surface area contributed by atoms with Crippen molar-refractivity contribution in [1.29, 1.82) is 0 Å². The first-order valence-corrected chi connectivity index (χ1v) is 9.41. The molecule has 0 radical (unpaired) electrons. The van der Waals surface area contributed by atoms with Crippen molar-refractivity contribution >= 4 is 5.97 Å². The molecule has 2 aromatic rings. The zero-order valence-electron chi connectivity index (χ0n) is 17.0. The molecule has 29 heavy (non-hydrogen) atoms. The Hall–Kier alpha value is -2.61. The maximum Gasteiger partial charge on any atom is 0.314 e. The highest BCUT2D eigenvalue weighted by Gasteiger charge is 2.54. The van der Waals surface area contributed by atoms with Crippen molar-refractivity contribution in [1.82, 2.24) is 0 Å². The van der Waals surface area contributed by atoms with Crippen molar-refractivity contribution in [2.24, 2.45) is 5.92 Å². The molecule has 1 fully saturated rings. The van der Waals surface area contributed by atoms with Crippen LogP contribution in [-0.2, 0) is 24.9 Å². The normalized spacial score (nSPS) is 23.3. The van der Waals surface area contributed by atoms with Crippen LogP contribution in [-0.4, -0.2) is 37.7 Å². The van der Waals surface area contributed by atoms with E-state index >= 15 is 0 Å². The molecular weight excluding hydrogens is 376 g/mol. The Morgan fingerprint density at radius 3 is 1.90 bits per heavy atom. The van der Waals surface area contributed by atoms with Gasteiger partial charge in [0.1, 0.15) is 17.4 Å². The summed E-state index contributed by atoms with van der Waals surface area (Å²) < 4.78 is 15.7. The highest BCUT2D eigenvalue weighted by molar-refractivity contribution is 5.74. The number of rotatable bonds is 6. The highest BCUT2D eigenvalue weighted by atomic mass is 17.2. The van der Waals surface area contributed by atoms with Gasteiger partial charge in [-0.1, -0.05) is 24.3 Å². The van der Waals surface area contributed by atoms with E-state index in [0.29, 0.717) is 11.5 Å². The summed E-state index contributed by atoms with van der Waals surface area (Å²) in [6.45, 7) is 3.30. The maximum absolute atomic E-state index is 12.6. The molecule has 7 heteroatoms. The van der Waals surface area contributed by atoms with Crippen LogP contribution >= 0.6 is 0 Å². The molecule has 0 amide bonds. The Balaban J connectivity index is 2.10. The van der Waals surface area contributed by atoms with Gasteiger partial charge in [0.2, 0.25) is 5.79 Å². The van der Waals surface area contributed by atoms with Gasteiger partial charge in [-0.15, -0.1) is 0 Å². The molecule has 2 atom stereocenters. The number of hydrogen-bond donors (Lipinski definition) is 1. The van der Waals surface area contributed by atoms with Gasteiger partial charge in [-0.25, -0.2) is 4.89 Å². The molecule has 1 heterocycles. The molecule has 2 aromatic carbocycles. The van der Waals surface area contributed by atoms with Crippen molar-refractivity contribution in [2.75, 3.05) is 20.8 Å². The lowest BCUT2D eigenvalue weighted by molar-refractivity contribution is -0.489. The van der Waals surface area contributed by atoms with E-state index in [0.717, 1.165) is 11.1 Å². The van der Waals surface area contributed by atoms with Crippen molar-refractivity contribution in [3.63, 3.8) is 0 Å². The molecule has 1 saturated heterocycles. The number of carbonyl (C=O) groups is 1. The van der Waals surface area contributed by atoms with Crippen LogP contribution in [0.4, 0.5) is 0 Å². The second kappa shape index (κ2) is 8.41. The number of methoxy groups -OCH3 is 2. The predicted molar refractivity (Wildman–Crippen MR) is 104 cm³/mol. The number of ether oxygens (including phenoxy) is 3. The van der Waals surface area contributed by atoms with E-state index in [4.69, 9.17) is 24.0 Å². The van der Waals surface area contributed by atoms with E-state index in [9.17, 15) is 9.90 Å². The van der Waals surface area contributed by atoms with Gasteiger partial charge in [0.25, 0.3) is 0 Å². The standard InChI is InChI=1S/C22H26O7/c1-5-27-20(23)19-14-22(29-28-21(19,2)24,15-6-10-17(25-3)11-7-15)16-8-12-18(26-4)13-9-16/h6-13,19,24H,5,14H2,1-4H3/t19-,21-/m1/s1. The number of aliphatic hydroxyl groups is 1. The van der Waals surface area contributed by atoms with Crippen LogP contribution in [0.1, 0.15) is 31.4 Å². The third-order valence-electron chi connectivity index (χ3n) is 5.17. The third kappa shape index (κ3) is 4.07. The lowest BCUT2D eigenvalue weighted by atomic mass is 9.76. The average molecular weight is 402 g/mol. The van der Waals surface area contributed by atoms with Crippen LogP contribution in [0.2, 0.25) is 0 Å². The Morgan fingerprint density at radius 2 is 1.48 bits per heavy atom. The lowest BCUT2D eigenvalue weighted by Crippen LogP contribution is -2.53. The van der Waals surface area contributed by atoms with Crippen molar-refractivity contribution in [3.05, 3.63) is 59.7 Å². The molecule has 0 saturated carbocycles. The average Bonchev–Trinajstić information content (AvgIpc) is 2.74. The Kier molecular flexibility index (Phi) is 6.12. The van der Waals surface area contributed by atoms with Crippen LogP contribution in [0.15, 0.2) is 48.5 Å². The zero-order chi connectivity index (χ0) is 21.1. The van der Waals surface area contributed by atoms with Crippen molar-refractivity contribution < 1.29 is 33.9 Å². The van der Waals surface area contributed by atoms with E-state index in [1.165, 1.54) is 6.92 Å². The van der Waals surface area contributed by atoms with E-state index in [-0.39, 0.29) is 13.0 Å². The van der Waals surface area contributed by atoms with Gasteiger partial charge in [0.15, 0.2) is 5.60 Å². The van der Waals surface area contributed by atoms with Gasteiger partial charge in [0, 0.05) is 6.42 Å². The summed E-state index contributed by atoms with van der Waals surface area (Å²) in [4.78, 5) is 23.8. The van der Waals surface area contributed by atoms with Crippen LogP contribution in [0.25, 0.3) is 0 Å². The van der Waals surface area contributed by atoms with Gasteiger partial charge in [-0.05, 0) is 49.2 Å². The van der Waals surface area contributed by atoms with Crippen LogP contribution in [0.3, 0.4) is 0 Å². The Bertz CT molecular complexity index is 780. The van der Waals surface area contributed by atoms with Gasteiger partial charge < -0.3 is 19.3 Å². The summed E-state index contributed by atoms with van der Waals surface area (Å²) in [5.41, 5.74) is 0.347.